The van der Waals surface area contributed by atoms with E-state index in [2.05, 4.69) is 22.3 Å². The third-order valence-corrected chi connectivity index (χ3v) is 2.86. The summed E-state index contributed by atoms with van der Waals surface area (Å²) in [5.74, 6) is 0.732. The molecule has 2 heterocycles. The van der Waals surface area contributed by atoms with Crippen molar-refractivity contribution in [3.05, 3.63) is 23.9 Å². The average molecular weight is 232 g/mol. The summed E-state index contributed by atoms with van der Waals surface area (Å²) < 4.78 is 1.87. The number of rotatable bonds is 6. The van der Waals surface area contributed by atoms with Gasteiger partial charge in [0.1, 0.15) is 0 Å². The minimum absolute atomic E-state index is 0.732. The molecular weight excluding hydrogens is 212 g/mol. The lowest BCUT2D eigenvalue weighted by atomic mass is 10.2. The molecule has 17 heavy (non-hydrogen) atoms. The quantitative estimate of drug-likeness (QED) is 0.778. The number of pyridine rings is 1. The highest BCUT2D eigenvalue weighted by Crippen LogP contribution is 2.08. The summed E-state index contributed by atoms with van der Waals surface area (Å²) in [5, 5.41) is 7.70. The molecule has 4 nitrogen and oxygen atoms in total. The molecule has 0 aliphatic rings. The van der Waals surface area contributed by atoms with E-state index < -0.39 is 0 Å². The molecule has 0 aliphatic carbocycles. The first-order valence-corrected chi connectivity index (χ1v) is 6.37. The molecule has 0 saturated carbocycles. The van der Waals surface area contributed by atoms with Crippen LogP contribution in [0.3, 0.4) is 0 Å². The van der Waals surface area contributed by atoms with Crippen molar-refractivity contribution in [3.63, 3.8) is 0 Å². The summed E-state index contributed by atoms with van der Waals surface area (Å²) in [7, 11) is 0. The number of hydrogen-bond acceptors (Lipinski definition) is 3. The van der Waals surface area contributed by atoms with Crippen molar-refractivity contribution in [2.75, 3.05) is 11.9 Å². The van der Waals surface area contributed by atoms with Gasteiger partial charge in [0.2, 0.25) is 5.95 Å². The summed E-state index contributed by atoms with van der Waals surface area (Å²) in [6.07, 6.45) is 5.03. The summed E-state index contributed by atoms with van der Waals surface area (Å²) in [6.45, 7) is 5.21. The fraction of sp³-hybridized carbons (Fsp3) is 0.538. The first-order valence-electron chi connectivity index (χ1n) is 6.37. The van der Waals surface area contributed by atoms with Gasteiger partial charge in [-0.15, -0.1) is 5.10 Å². The minimum Gasteiger partial charge on any atom is -0.353 e. The van der Waals surface area contributed by atoms with Crippen LogP contribution in [0.4, 0.5) is 5.95 Å². The summed E-state index contributed by atoms with van der Waals surface area (Å²) in [4.78, 5) is 4.43. The van der Waals surface area contributed by atoms with E-state index in [1.165, 1.54) is 25.7 Å². The van der Waals surface area contributed by atoms with Gasteiger partial charge >= 0.3 is 0 Å². The molecule has 0 fully saturated rings. The van der Waals surface area contributed by atoms with E-state index in [1.807, 2.05) is 29.6 Å². The molecule has 4 heteroatoms. The zero-order valence-corrected chi connectivity index (χ0v) is 10.6. The number of nitrogens with one attached hydrogen (secondary N) is 1. The molecule has 2 aromatic heterocycles. The maximum atomic E-state index is 4.43. The third kappa shape index (κ3) is 2.96. The number of hydrogen-bond donors (Lipinski definition) is 1. The maximum Gasteiger partial charge on any atom is 0.243 e. The smallest absolute Gasteiger partial charge is 0.243 e. The molecule has 0 bridgehead atoms. The molecule has 0 unspecified atom stereocenters. The van der Waals surface area contributed by atoms with E-state index in [0.717, 1.165) is 23.8 Å². The van der Waals surface area contributed by atoms with Crippen LogP contribution in [0.2, 0.25) is 0 Å². The Morgan fingerprint density at radius 2 is 2.12 bits per heavy atom. The second kappa shape index (κ2) is 5.66. The zero-order valence-electron chi connectivity index (χ0n) is 10.6. The Morgan fingerprint density at radius 3 is 2.88 bits per heavy atom. The van der Waals surface area contributed by atoms with E-state index >= 15 is 0 Å². The van der Waals surface area contributed by atoms with E-state index in [1.54, 1.807) is 0 Å². The number of unbranched alkanes of at least 4 members (excludes halogenated alkanes) is 3. The van der Waals surface area contributed by atoms with E-state index in [-0.39, 0.29) is 0 Å². The Kier molecular flexibility index (Phi) is 3.96. The molecule has 0 radical (unpaired) electrons. The summed E-state index contributed by atoms with van der Waals surface area (Å²) in [5.41, 5.74) is 2.01. The molecule has 1 N–H and O–H groups in total. The van der Waals surface area contributed by atoms with E-state index in [9.17, 15) is 0 Å². The van der Waals surface area contributed by atoms with Crippen molar-refractivity contribution in [1.82, 2.24) is 14.6 Å². The van der Waals surface area contributed by atoms with Gasteiger partial charge in [-0.1, -0.05) is 32.3 Å². The number of nitrogens with zero attached hydrogens (tertiary/aromatic N) is 3. The number of fused-ring (bicyclic) bond motifs is 1. The van der Waals surface area contributed by atoms with Crippen LogP contribution in [0.5, 0.6) is 0 Å². The lowest BCUT2D eigenvalue weighted by molar-refractivity contribution is 0.683. The fourth-order valence-corrected chi connectivity index (χ4v) is 1.86. The highest BCUT2D eigenvalue weighted by atomic mass is 15.3. The van der Waals surface area contributed by atoms with Crippen molar-refractivity contribution < 1.29 is 0 Å². The van der Waals surface area contributed by atoms with E-state index in [4.69, 9.17) is 0 Å². The zero-order chi connectivity index (χ0) is 12.1. The Labute approximate surface area is 102 Å². The third-order valence-electron chi connectivity index (χ3n) is 2.86. The van der Waals surface area contributed by atoms with Crippen molar-refractivity contribution in [2.45, 2.75) is 39.5 Å². The topological polar surface area (TPSA) is 42.2 Å². The van der Waals surface area contributed by atoms with Crippen LogP contribution in [0.1, 0.15) is 38.3 Å². The highest BCUT2D eigenvalue weighted by Gasteiger charge is 2.03. The first kappa shape index (κ1) is 11.9. The average Bonchev–Trinajstić information content (AvgIpc) is 2.73. The molecule has 0 atom stereocenters. The van der Waals surface area contributed by atoms with Crippen LogP contribution < -0.4 is 5.32 Å². The normalized spacial score (nSPS) is 10.9. The second-order valence-corrected chi connectivity index (χ2v) is 4.36. The van der Waals surface area contributed by atoms with Gasteiger partial charge in [0.05, 0.1) is 0 Å². The SMILES string of the molecule is CCCCCCNc1nc2cccc(C)n2n1. The molecule has 0 saturated heterocycles. The van der Waals surface area contributed by atoms with Gasteiger partial charge in [-0.05, 0) is 25.5 Å². The summed E-state index contributed by atoms with van der Waals surface area (Å²) >= 11 is 0. The predicted octanol–water partition coefficient (Wildman–Crippen LogP) is 3.03. The highest BCUT2D eigenvalue weighted by molar-refractivity contribution is 5.44. The van der Waals surface area contributed by atoms with Gasteiger partial charge in [-0.3, -0.25) is 0 Å². The van der Waals surface area contributed by atoms with Gasteiger partial charge in [0, 0.05) is 12.2 Å². The Balaban J connectivity index is 1.93. The van der Waals surface area contributed by atoms with Crippen LogP contribution in [-0.4, -0.2) is 21.1 Å². The molecule has 2 rings (SSSR count). The lowest BCUT2D eigenvalue weighted by Gasteiger charge is -2.00. The molecule has 2 aromatic rings. The molecule has 0 aromatic carbocycles. The van der Waals surface area contributed by atoms with Crippen LogP contribution in [0.25, 0.3) is 5.65 Å². The Morgan fingerprint density at radius 1 is 1.24 bits per heavy atom. The first-order chi connectivity index (χ1) is 8.31. The molecule has 0 aliphatic heterocycles. The molecule has 0 amide bonds. The van der Waals surface area contributed by atoms with Gasteiger partial charge in [-0.2, -0.15) is 4.98 Å². The van der Waals surface area contributed by atoms with Crippen molar-refractivity contribution in [3.8, 4) is 0 Å². The lowest BCUT2D eigenvalue weighted by Crippen LogP contribution is -2.03. The predicted molar refractivity (Wildman–Crippen MR) is 70.4 cm³/mol. The van der Waals surface area contributed by atoms with Crippen LogP contribution in [-0.2, 0) is 0 Å². The largest absolute Gasteiger partial charge is 0.353 e. The van der Waals surface area contributed by atoms with Gasteiger partial charge in [0.25, 0.3) is 0 Å². The van der Waals surface area contributed by atoms with E-state index in [0.29, 0.717) is 0 Å². The second-order valence-electron chi connectivity index (χ2n) is 4.36. The minimum atomic E-state index is 0.732. The van der Waals surface area contributed by atoms with Gasteiger partial charge < -0.3 is 5.32 Å². The number of aryl methyl sites for hydroxylation is 1. The number of aromatic nitrogens is 3. The Hall–Kier alpha value is -1.58. The van der Waals surface area contributed by atoms with Crippen molar-refractivity contribution in [1.29, 1.82) is 0 Å². The Bertz CT molecular complexity index is 475. The molecular formula is C13H20N4. The standard InChI is InChI=1S/C13H20N4/c1-3-4-5-6-10-14-13-15-12-9-7-8-11(2)17(12)16-13/h7-9H,3-6,10H2,1-2H3,(H,14,16). The van der Waals surface area contributed by atoms with Crippen LogP contribution in [0, 0.1) is 6.92 Å². The van der Waals surface area contributed by atoms with Gasteiger partial charge in [0.15, 0.2) is 5.65 Å². The van der Waals surface area contributed by atoms with Crippen molar-refractivity contribution >= 4 is 11.6 Å². The fourth-order valence-electron chi connectivity index (χ4n) is 1.86. The van der Waals surface area contributed by atoms with Crippen molar-refractivity contribution in [2.24, 2.45) is 0 Å². The van der Waals surface area contributed by atoms with Crippen LogP contribution in [0.15, 0.2) is 18.2 Å². The maximum absolute atomic E-state index is 4.43. The summed E-state index contributed by atoms with van der Waals surface area (Å²) in [6, 6.07) is 6.01. The van der Waals surface area contributed by atoms with Gasteiger partial charge in [-0.25, -0.2) is 4.52 Å². The molecule has 0 spiro atoms. The monoisotopic (exact) mass is 232 g/mol. The van der Waals surface area contributed by atoms with Crippen LogP contribution >= 0.6 is 0 Å². The number of anilines is 1. The molecule has 92 valence electrons.